The predicted molar refractivity (Wildman–Crippen MR) is 263 cm³/mol. The molecule has 390 valence electrons. The van der Waals surface area contributed by atoms with E-state index in [0.717, 1.165) is 12.0 Å². The third kappa shape index (κ3) is 13.0. The van der Waals surface area contributed by atoms with Crippen LogP contribution in [0.3, 0.4) is 0 Å². The topological polar surface area (TPSA) is 225 Å². The maximum absolute atomic E-state index is 14.4. The molecule has 6 N–H and O–H groups in total. The molecule has 0 bridgehead atoms. The molecule has 0 saturated carbocycles. The van der Waals surface area contributed by atoms with Crippen LogP contribution in [0.15, 0.2) is 54.6 Å². The van der Waals surface area contributed by atoms with Gasteiger partial charge in [0.1, 0.15) is 29.1 Å². The molecule has 4 fully saturated rings. The number of aromatic hydroxyl groups is 3. The number of carbonyl (C=O) groups excluding carboxylic acids is 2. The molecule has 14 nitrogen and oxygen atoms in total. The molecule has 2 spiro atoms. The molecule has 0 amide bonds. The van der Waals surface area contributed by atoms with E-state index in [2.05, 4.69) is 20.8 Å². The molecule has 18 atom stereocenters. The van der Waals surface area contributed by atoms with Crippen molar-refractivity contribution in [1.82, 2.24) is 0 Å². The van der Waals surface area contributed by atoms with Gasteiger partial charge in [0.25, 0.3) is 0 Å². The van der Waals surface area contributed by atoms with Crippen LogP contribution >= 0.6 is 0 Å². The van der Waals surface area contributed by atoms with E-state index >= 15 is 0 Å². The first-order chi connectivity index (χ1) is 32.9. The molecule has 71 heavy (non-hydrogen) atoms. The fraction of sp³-hybridized carbons (Fsp3) is 0.679. The molecule has 0 aliphatic carbocycles. The van der Waals surface area contributed by atoms with Crippen molar-refractivity contribution in [3.63, 3.8) is 0 Å². The summed E-state index contributed by atoms with van der Waals surface area (Å²) in [5.41, 5.74) is -0.00980. The number of ketones is 1. The summed E-state index contributed by atoms with van der Waals surface area (Å²) in [6.45, 7) is 19.5. The number of aliphatic hydroxyl groups excluding tert-OH is 2. The molecular formula is C56H81NaO14. The summed E-state index contributed by atoms with van der Waals surface area (Å²) in [5, 5.41) is 73.7. The van der Waals surface area contributed by atoms with E-state index < -0.39 is 82.9 Å². The number of hydrogen-bond acceptors (Lipinski definition) is 14. The summed E-state index contributed by atoms with van der Waals surface area (Å²) in [4.78, 5) is 26.2. The van der Waals surface area contributed by atoms with Crippen molar-refractivity contribution in [3.8, 4) is 17.2 Å². The molecule has 5 aliphatic rings. The predicted octanol–water partition coefficient (Wildman–Crippen LogP) is 4.83. The fourth-order valence-electron chi connectivity index (χ4n) is 12.0. The van der Waals surface area contributed by atoms with Crippen LogP contribution in [0.25, 0.3) is 12.2 Å². The summed E-state index contributed by atoms with van der Waals surface area (Å²) >= 11 is 0. The van der Waals surface area contributed by atoms with Crippen LogP contribution < -0.4 is 34.7 Å². The van der Waals surface area contributed by atoms with Gasteiger partial charge in [-0.05, 0) is 131 Å². The first-order valence-electron chi connectivity index (χ1n) is 25.9. The van der Waals surface area contributed by atoms with Crippen LogP contribution in [-0.2, 0) is 33.3 Å². The normalized spacial score (nSPS) is 37.1. The average Bonchev–Trinajstić information content (AvgIpc) is 3.67. The quantitative estimate of drug-likeness (QED) is 0.0848. The van der Waals surface area contributed by atoms with Gasteiger partial charge in [-0.2, -0.15) is 0 Å². The molecule has 2 aromatic rings. The Balaban J connectivity index is 0.000000437. The number of aliphatic hydroxyl groups is 3. The maximum Gasteiger partial charge on any atom is 1.00 e. The van der Waals surface area contributed by atoms with Crippen molar-refractivity contribution >= 4 is 23.9 Å². The SMILES string of the molecule is CCC(C(=O)[O-])C1CCC(C)C(C(C)C(O)C(C)C(=O)C(CC)C2OC3(C=CC(O)C4(CCC(C)(C5CCC(O)(CC)C(C)O5)O4)O3)C(C)CC2C)O1.Oc1ccc(C=Cc2cc(O)cc(O)c2)cc1.[Na+]. The first-order valence-corrected chi connectivity index (χ1v) is 25.9. The summed E-state index contributed by atoms with van der Waals surface area (Å²) in [6.07, 6.45) is 8.82. The molecule has 5 aliphatic heterocycles. The van der Waals surface area contributed by atoms with E-state index in [0.29, 0.717) is 63.4 Å². The van der Waals surface area contributed by atoms with Crippen molar-refractivity contribution in [3.05, 3.63) is 65.7 Å². The third-order valence-electron chi connectivity index (χ3n) is 16.7. The van der Waals surface area contributed by atoms with Crippen LogP contribution in [0.2, 0.25) is 0 Å². The van der Waals surface area contributed by atoms with E-state index in [9.17, 15) is 40.2 Å². The van der Waals surface area contributed by atoms with E-state index in [1.54, 1.807) is 61.5 Å². The Morgan fingerprint density at radius 1 is 0.803 bits per heavy atom. The van der Waals surface area contributed by atoms with Gasteiger partial charge in [-0.25, -0.2) is 0 Å². The fourth-order valence-corrected chi connectivity index (χ4v) is 12.0. The molecule has 0 aromatic heterocycles. The van der Waals surface area contributed by atoms with Gasteiger partial charge >= 0.3 is 29.6 Å². The van der Waals surface area contributed by atoms with Crippen molar-refractivity contribution in [2.75, 3.05) is 0 Å². The molecule has 2 aromatic carbocycles. The molecule has 18 unspecified atom stereocenters. The van der Waals surface area contributed by atoms with Crippen LogP contribution in [0, 0.1) is 41.4 Å². The number of Topliss-reactive ketones (excluding diaryl/α,β-unsaturated/α-hetero) is 1. The monoisotopic (exact) mass is 1000 g/mol. The number of carbonyl (C=O) groups is 2. The number of phenolic OH excluding ortho intramolecular Hbond substituents is 3. The van der Waals surface area contributed by atoms with Gasteiger partial charge < -0.3 is 64.2 Å². The van der Waals surface area contributed by atoms with E-state index in [4.69, 9.17) is 28.8 Å². The Hall–Kier alpha value is -2.86. The van der Waals surface area contributed by atoms with Gasteiger partial charge in [0.2, 0.25) is 5.79 Å². The van der Waals surface area contributed by atoms with Gasteiger partial charge in [-0.1, -0.05) is 79.7 Å². The average molecular weight is 1000 g/mol. The van der Waals surface area contributed by atoms with Crippen molar-refractivity contribution in [2.24, 2.45) is 41.4 Å². The molecule has 5 heterocycles. The van der Waals surface area contributed by atoms with E-state index in [-0.39, 0.29) is 82.6 Å². The molecule has 15 heteroatoms. The Labute approximate surface area is 443 Å². The number of phenols is 3. The largest absolute Gasteiger partial charge is 1.00 e. The zero-order valence-corrected chi connectivity index (χ0v) is 46.0. The van der Waals surface area contributed by atoms with Crippen LogP contribution in [-0.4, -0.2) is 108 Å². The van der Waals surface area contributed by atoms with Crippen molar-refractivity contribution in [2.45, 2.75) is 199 Å². The number of rotatable bonds is 14. The smallest absolute Gasteiger partial charge is 0.550 e. The summed E-state index contributed by atoms with van der Waals surface area (Å²) < 4.78 is 33.4. The standard InChI is InChI=1S/C42H70O11.C14H12O3.Na/c1-11-29(38(46)47)31-15-14-23(4)36(50-31)27(8)34(44)26(7)35(45)30(12-2)37-24(5)22-25(6)41(51-37)19-16-32(43)42(53-41)21-20-39(10,52-42)33-17-18-40(48,13-3)28(9)49-33;15-12-5-3-10(4-6-12)1-2-11-7-13(16)9-14(17)8-11;/h16,19,23-34,36-37,43-44,48H,11-15,17-18,20-22H2,1-10H3,(H,46,47);1-9,15-17H;/q;;+1/p-1. The van der Waals surface area contributed by atoms with Gasteiger partial charge in [0, 0.05) is 48.0 Å². The van der Waals surface area contributed by atoms with Crippen LogP contribution in [0.5, 0.6) is 17.2 Å². The first kappa shape index (κ1) is 59.0. The zero-order valence-electron chi connectivity index (χ0n) is 44.0. The van der Waals surface area contributed by atoms with Crippen molar-refractivity contribution < 1.29 is 98.6 Å². The minimum absolute atomic E-state index is 0. The van der Waals surface area contributed by atoms with E-state index in [1.165, 1.54) is 6.07 Å². The number of hydrogen-bond donors (Lipinski definition) is 6. The summed E-state index contributed by atoms with van der Waals surface area (Å²) in [5.74, 6) is -5.97. The minimum Gasteiger partial charge on any atom is -0.550 e. The van der Waals surface area contributed by atoms with Gasteiger partial charge in [0.05, 0.1) is 47.8 Å². The summed E-state index contributed by atoms with van der Waals surface area (Å²) in [6, 6.07) is 11.1. The maximum atomic E-state index is 14.4. The number of aliphatic carboxylic acids is 1. The van der Waals surface area contributed by atoms with E-state index in [1.807, 2.05) is 47.6 Å². The second kappa shape index (κ2) is 24.2. The minimum atomic E-state index is -1.37. The Morgan fingerprint density at radius 3 is 2.03 bits per heavy atom. The third-order valence-corrected chi connectivity index (χ3v) is 16.7. The number of carboxylic acids is 1. The molecule has 4 saturated heterocycles. The number of carboxylic acid groups (broad SMARTS) is 1. The Kier molecular flexibility index (Phi) is 20.1. The van der Waals surface area contributed by atoms with Crippen LogP contribution in [0.4, 0.5) is 0 Å². The van der Waals surface area contributed by atoms with Gasteiger partial charge in [-0.15, -0.1) is 0 Å². The zero-order chi connectivity index (χ0) is 51.5. The molecule has 0 radical (unpaired) electrons. The van der Waals surface area contributed by atoms with Gasteiger partial charge in [-0.3, -0.25) is 4.79 Å². The molecular weight excluding hydrogens is 920 g/mol. The molecule has 7 rings (SSSR count). The number of benzene rings is 2. The Bertz CT molecular complexity index is 2130. The second-order valence-electron chi connectivity index (χ2n) is 21.6. The number of ether oxygens (including phenoxy) is 5. The summed E-state index contributed by atoms with van der Waals surface area (Å²) in [7, 11) is 0. The second-order valence-corrected chi connectivity index (χ2v) is 21.6. The van der Waals surface area contributed by atoms with Crippen LogP contribution in [0.1, 0.15) is 145 Å². The Morgan fingerprint density at radius 2 is 1.44 bits per heavy atom. The van der Waals surface area contributed by atoms with Crippen molar-refractivity contribution in [1.29, 1.82) is 0 Å². The van der Waals surface area contributed by atoms with Gasteiger partial charge in [0.15, 0.2) is 5.79 Å².